The summed E-state index contributed by atoms with van der Waals surface area (Å²) >= 11 is 0. The lowest BCUT2D eigenvalue weighted by atomic mass is 9.81. The molecular weight excluding hydrogens is 614 g/mol. The fraction of sp³-hybridized carbons (Fsp3) is 0.306. The Hall–Kier alpha value is -4.64. The highest BCUT2D eigenvalue weighted by Gasteiger charge is 2.36. The predicted octanol–water partition coefficient (Wildman–Crippen LogP) is 5.45. The number of pyridine rings is 1. The van der Waals surface area contributed by atoms with Crippen molar-refractivity contribution in [1.82, 2.24) is 20.2 Å². The van der Waals surface area contributed by atoms with Gasteiger partial charge in [-0.1, -0.05) is 42.5 Å². The molecule has 47 heavy (non-hydrogen) atoms. The lowest BCUT2D eigenvalue weighted by Crippen LogP contribution is -2.52. The molecule has 1 saturated carbocycles. The summed E-state index contributed by atoms with van der Waals surface area (Å²) in [5.41, 5.74) is 17.3. The summed E-state index contributed by atoms with van der Waals surface area (Å²) in [6, 6.07) is 24.6. The molecule has 1 aliphatic rings. The third kappa shape index (κ3) is 7.51. The fourth-order valence-corrected chi connectivity index (χ4v) is 6.47. The molecule has 1 aliphatic carbocycles. The molecule has 2 heterocycles. The van der Waals surface area contributed by atoms with Crippen molar-refractivity contribution < 1.29 is 14.3 Å². The quantitative estimate of drug-likeness (QED) is 0.171. The molecule has 5 N–H and O–H groups in total. The third-order valence-corrected chi connectivity index (χ3v) is 8.95. The molecule has 2 amide bonds. The summed E-state index contributed by atoms with van der Waals surface area (Å²) in [7, 11) is 1.59. The van der Waals surface area contributed by atoms with E-state index in [4.69, 9.17) is 16.2 Å². The zero-order valence-corrected chi connectivity index (χ0v) is 27.2. The van der Waals surface area contributed by atoms with E-state index in [9.17, 15) is 9.59 Å². The number of carbonyl (C=O) groups is 2. The van der Waals surface area contributed by atoms with Crippen LogP contribution in [0.3, 0.4) is 0 Å². The standard InChI is InChI=1S/C36H39N7O3.ClH/c1-46-22-33-40-35(42-41-33)25-14-16-28(17-15-25)43(36(45)26-12-10-23(21-37)11-13-26)32(34(38)44)20-24-5-2-6-27(19-24)29-7-3-9-31-30(29)8-4-18-39-31;/h2-9,14-19,23,26,32H,10-13,20-22,37H2,1H3,(H2,38,44)(H,40,41,42);1H/t23-,26-,32-;/m0./s1. The normalized spacial score (nSPS) is 16.7. The molecule has 0 aliphatic heterocycles. The Balaban J connectivity index is 0.00000433. The minimum Gasteiger partial charge on any atom is -0.377 e. The van der Waals surface area contributed by atoms with E-state index >= 15 is 0 Å². The molecule has 3 aromatic carbocycles. The van der Waals surface area contributed by atoms with Gasteiger partial charge in [-0.25, -0.2) is 0 Å². The second-order valence-corrected chi connectivity index (χ2v) is 12.0. The molecule has 10 nitrogen and oxygen atoms in total. The number of methoxy groups -OCH3 is 1. The molecule has 2 aromatic heterocycles. The number of hydrogen-bond acceptors (Lipinski definition) is 7. The number of fused-ring (bicyclic) bond motifs is 1. The average molecular weight is 654 g/mol. The van der Waals surface area contributed by atoms with Crippen LogP contribution in [0.2, 0.25) is 0 Å². The van der Waals surface area contributed by atoms with E-state index in [0.717, 1.165) is 58.8 Å². The van der Waals surface area contributed by atoms with Crippen molar-refractivity contribution in [3.05, 3.63) is 96.4 Å². The maximum absolute atomic E-state index is 14.3. The average Bonchev–Trinajstić information content (AvgIpc) is 3.57. The molecule has 0 saturated heterocycles. The van der Waals surface area contributed by atoms with Crippen LogP contribution in [0.25, 0.3) is 33.4 Å². The van der Waals surface area contributed by atoms with Crippen LogP contribution < -0.4 is 16.4 Å². The Morgan fingerprint density at radius 2 is 1.72 bits per heavy atom. The molecule has 6 rings (SSSR count). The minimum absolute atomic E-state index is 0. The summed E-state index contributed by atoms with van der Waals surface area (Å²) in [5, 5.41) is 9.38. The number of hydrogen-bond donors (Lipinski definition) is 3. The molecule has 0 unspecified atom stereocenters. The van der Waals surface area contributed by atoms with Crippen molar-refractivity contribution in [2.45, 2.75) is 44.8 Å². The largest absolute Gasteiger partial charge is 0.377 e. The van der Waals surface area contributed by atoms with Crippen molar-refractivity contribution in [3.8, 4) is 22.5 Å². The van der Waals surface area contributed by atoms with Gasteiger partial charge in [0.05, 0.1) is 5.52 Å². The number of primary amides is 1. The van der Waals surface area contributed by atoms with Crippen LogP contribution in [0.15, 0.2) is 85.1 Å². The number of nitrogens with zero attached hydrogens (tertiary/aromatic N) is 4. The van der Waals surface area contributed by atoms with Crippen molar-refractivity contribution in [2.75, 3.05) is 18.6 Å². The van der Waals surface area contributed by atoms with Gasteiger partial charge in [0.2, 0.25) is 11.8 Å². The number of rotatable bonds is 11. The van der Waals surface area contributed by atoms with E-state index in [1.54, 1.807) is 18.2 Å². The highest BCUT2D eigenvalue weighted by Crippen LogP contribution is 2.34. The zero-order chi connectivity index (χ0) is 32.0. The number of halogens is 1. The SMILES string of the molecule is COCc1nnc(-c2ccc(N(C(=O)[C@H]3CC[C@H](CN)CC3)[C@@H](Cc3cccc(-c4cccc5ncccc45)c3)C(N)=O)cc2)[nH]1.Cl. The number of anilines is 1. The highest BCUT2D eigenvalue weighted by molar-refractivity contribution is 6.02. The van der Waals surface area contributed by atoms with Crippen LogP contribution >= 0.6 is 12.4 Å². The van der Waals surface area contributed by atoms with E-state index in [1.807, 2.05) is 60.7 Å². The number of amides is 2. The Bertz CT molecular complexity index is 1810. The first-order valence-corrected chi connectivity index (χ1v) is 15.7. The summed E-state index contributed by atoms with van der Waals surface area (Å²) in [5.74, 6) is 0.744. The monoisotopic (exact) mass is 653 g/mol. The first kappa shape index (κ1) is 33.7. The first-order chi connectivity index (χ1) is 22.4. The van der Waals surface area contributed by atoms with Gasteiger partial charge in [0.1, 0.15) is 12.6 Å². The third-order valence-electron chi connectivity index (χ3n) is 8.95. The number of aromatic amines is 1. The van der Waals surface area contributed by atoms with Crippen molar-refractivity contribution in [3.63, 3.8) is 0 Å². The van der Waals surface area contributed by atoms with E-state index in [2.05, 4.69) is 38.4 Å². The van der Waals surface area contributed by atoms with Crippen molar-refractivity contribution in [2.24, 2.45) is 23.3 Å². The van der Waals surface area contributed by atoms with E-state index in [-0.39, 0.29) is 30.7 Å². The summed E-state index contributed by atoms with van der Waals surface area (Å²) in [4.78, 5) is 36.9. The van der Waals surface area contributed by atoms with E-state index in [1.165, 1.54) is 0 Å². The number of carbonyl (C=O) groups excluding carboxylic acids is 2. The number of nitrogens with one attached hydrogen (secondary N) is 1. The Kier molecular flexibility index (Phi) is 11.0. The number of ether oxygens (including phenoxy) is 1. The molecule has 244 valence electrons. The smallest absolute Gasteiger partial charge is 0.240 e. The zero-order valence-electron chi connectivity index (χ0n) is 26.3. The van der Waals surface area contributed by atoms with Crippen molar-refractivity contribution >= 4 is 40.8 Å². The van der Waals surface area contributed by atoms with Crippen LogP contribution in [-0.2, 0) is 27.4 Å². The van der Waals surface area contributed by atoms with Gasteiger partial charge in [-0.2, -0.15) is 0 Å². The van der Waals surface area contributed by atoms with Gasteiger partial charge < -0.3 is 21.2 Å². The van der Waals surface area contributed by atoms with Gasteiger partial charge in [0.25, 0.3) is 0 Å². The van der Waals surface area contributed by atoms with Crippen LogP contribution in [-0.4, -0.2) is 51.7 Å². The van der Waals surface area contributed by atoms with E-state index in [0.29, 0.717) is 36.4 Å². The fourth-order valence-electron chi connectivity index (χ4n) is 6.47. The van der Waals surface area contributed by atoms with Gasteiger partial charge in [0, 0.05) is 42.3 Å². The molecule has 5 aromatic rings. The molecule has 0 bridgehead atoms. The number of nitrogens with two attached hydrogens (primary N) is 2. The Morgan fingerprint density at radius 1 is 0.957 bits per heavy atom. The van der Waals surface area contributed by atoms with E-state index < -0.39 is 11.9 Å². The summed E-state index contributed by atoms with van der Waals surface area (Å²) < 4.78 is 5.14. The Labute approximate surface area is 280 Å². The first-order valence-electron chi connectivity index (χ1n) is 15.7. The highest BCUT2D eigenvalue weighted by atomic mass is 35.5. The van der Waals surface area contributed by atoms with Crippen LogP contribution in [0.1, 0.15) is 37.1 Å². The number of benzene rings is 3. The second kappa shape index (κ2) is 15.3. The molecule has 1 fully saturated rings. The topological polar surface area (TPSA) is 153 Å². The number of aromatic nitrogens is 4. The molecule has 11 heteroatoms. The second-order valence-electron chi connectivity index (χ2n) is 12.0. The van der Waals surface area contributed by atoms with Gasteiger partial charge in [-0.05, 0) is 91.2 Å². The molecule has 1 atom stereocenters. The summed E-state index contributed by atoms with van der Waals surface area (Å²) in [6.07, 6.45) is 5.28. The van der Waals surface area contributed by atoms with Crippen LogP contribution in [0.4, 0.5) is 5.69 Å². The maximum atomic E-state index is 14.3. The van der Waals surface area contributed by atoms with Gasteiger partial charge >= 0.3 is 0 Å². The molecule has 0 radical (unpaired) electrons. The maximum Gasteiger partial charge on any atom is 0.240 e. The number of H-pyrrole nitrogens is 1. The van der Waals surface area contributed by atoms with Crippen LogP contribution in [0, 0.1) is 11.8 Å². The molecule has 0 spiro atoms. The summed E-state index contributed by atoms with van der Waals surface area (Å²) in [6.45, 7) is 0.936. The predicted molar refractivity (Wildman–Crippen MR) is 186 cm³/mol. The Morgan fingerprint density at radius 3 is 2.45 bits per heavy atom. The van der Waals surface area contributed by atoms with Crippen molar-refractivity contribution in [1.29, 1.82) is 0 Å². The van der Waals surface area contributed by atoms with Gasteiger partial charge in [-0.15, -0.1) is 22.6 Å². The molecular formula is C36H40ClN7O3. The van der Waals surface area contributed by atoms with Gasteiger partial charge in [-0.3, -0.25) is 19.5 Å². The van der Waals surface area contributed by atoms with Crippen LogP contribution in [0.5, 0.6) is 0 Å². The van der Waals surface area contributed by atoms with Gasteiger partial charge in [0.15, 0.2) is 11.6 Å². The lowest BCUT2D eigenvalue weighted by Gasteiger charge is -2.35. The lowest BCUT2D eigenvalue weighted by molar-refractivity contribution is -0.127. The minimum atomic E-state index is -0.895.